The molecule has 1 rings (SSSR count). The van der Waals surface area contributed by atoms with Gasteiger partial charge >= 0.3 is 6.03 Å². The summed E-state index contributed by atoms with van der Waals surface area (Å²) in [6, 6.07) is 7.08. The Balaban J connectivity index is 2.41. The lowest BCUT2D eigenvalue weighted by Crippen LogP contribution is -2.87. The summed E-state index contributed by atoms with van der Waals surface area (Å²) in [7, 11) is 0. The number of halogens is 1. The second-order valence-electron chi connectivity index (χ2n) is 4.93. The fourth-order valence-corrected chi connectivity index (χ4v) is 2.04. The number of carbonyl (C=O) groups excluding carboxylic acids is 2. The molecule has 0 radical (unpaired) electrons. The molecular weight excluding hydrogens is 278 g/mol. The van der Waals surface area contributed by atoms with Crippen LogP contribution >= 0.6 is 11.6 Å². The predicted molar refractivity (Wildman–Crippen MR) is 78.5 cm³/mol. The minimum atomic E-state index is -0.469. The number of rotatable bonds is 5. The van der Waals surface area contributed by atoms with Gasteiger partial charge in [0.25, 0.3) is 5.91 Å². The Hall–Kier alpha value is -1.59. The average molecular weight is 299 g/mol. The lowest BCUT2D eigenvalue weighted by atomic mass is 10.1. The number of benzene rings is 1. The molecule has 0 fully saturated rings. The molecule has 5 nitrogen and oxygen atoms in total. The highest BCUT2D eigenvalue weighted by Crippen LogP contribution is 2.19. The summed E-state index contributed by atoms with van der Waals surface area (Å²) in [6.07, 6.45) is 0. The van der Waals surface area contributed by atoms with E-state index in [0.717, 1.165) is 5.56 Å². The first-order valence-electron chi connectivity index (χ1n) is 6.58. The van der Waals surface area contributed by atoms with Gasteiger partial charge in [-0.1, -0.05) is 29.8 Å². The molecule has 1 aromatic rings. The maximum absolute atomic E-state index is 11.6. The Morgan fingerprint density at radius 2 is 1.90 bits per heavy atom. The van der Waals surface area contributed by atoms with Crippen molar-refractivity contribution in [3.63, 3.8) is 0 Å². The van der Waals surface area contributed by atoms with Crippen molar-refractivity contribution in [2.45, 2.75) is 32.9 Å². The molecule has 3 amide bonds. The van der Waals surface area contributed by atoms with Crippen LogP contribution in [0.15, 0.2) is 24.3 Å². The third-order valence-corrected chi connectivity index (χ3v) is 3.07. The molecule has 0 heterocycles. The number of hydrogen-bond acceptors (Lipinski definition) is 2. The number of amides is 3. The van der Waals surface area contributed by atoms with Crippen LogP contribution in [0.2, 0.25) is 5.02 Å². The van der Waals surface area contributed by atoms with Gasteiger partial charge in [0.05, 0.1) is 0 Å². The van der Waals surface area contributed by atoms with Gasteiger partial charge < -0.3 is 10.6 Å². The number of nitrogens with one attached hydrogen (secondary N) is 2. The van der Waals surface area contributed by atoms with Gasteiger partial charge in [-0.05, 0) is 26.8 Å². The fourth-order valence-electron chi connectivity index (χ4n) is 1.73. The molecular formula is C14H21ClN3O2+. The van der Waals surface area contributed by atoms with E-state index in [1.165, 1.54) is 0 Å². The van der Waals surface area contributed by atoms with Gasteiger partial charge in [0.2, 0.25) is 0 Å². The molecule has 0 unspecified atom stereocenters. The lowest BCUT2D eigenvalue weighted by Gasteiger charge is -2.13. The van der Waals surface area contributed by atoms with Crippen molar-refractivity contribution in [1.82, 2.24) is 10.6 Å². The van der Waals surface area contributed by atoms with Gasteiger partial charge in [-0.25, -0.2) is 4.79 Å². The summed E-state index contributed by atoms with van der Waals surface area (Å²) in [4.78, 5) is 23.0. The summed E-state index contributed by atoms with van der Waals surface area (Å²) in [5.74, 6) is -0.331. The van der Waals surface area contributed by atoms with Gasteiger partial charge in [0.15, 0.2) is 6.54 Å². The van der Waals surface area contributed by atoms with E-state index >= 15 is 0 Å². The zero-order valence-electron chi connectivity index (χ0n) is 11.9. The van der Waals surface area contributed by atoms with Gasteiger partial charge in [0.1, 0.15) is 6.04 Å². The topological polar surface area (TPSA) is 74.8 Å². The molecule has 0 bridgehead atoms. The third kappa shape index (κ3) is 5.59. The van der Waals surface area contributed by atoms with E-state index in [1.54, 1.807) is 0 Å². The SMILES string of the molecule is CC(C)NC(=O)NC(=O)C[NH2+][C@@H](C)c1ccccc1Cl. The smallest absolute Gasteiger partial charge is 0.321 e. The Bertz CT molecular complexity index is 477. The first-order chi connectivity index (χ1) is 9.40. The molecule has 1 aromatic carbocycles. The first-order valence-corrected chi connectivity index (χ1v) is 6.96. The van der Waals surface area contributed by atoms with Crippen molar-refractivity contribution in [2.24, 2.45) is 0 Å². The van der Waals surface area contributed by atoms with E-state index < -0.39 is 6.03 Å². The van der Waals surface area contributed by atoms with Gasteiger partial charge in [-0.2, -0.15) is 0 Å². The van der Waals surface area contributed by atoms with Crippen molar-refractivity contribution < 1.29 is 14.9 Å². The molecule has 20 heavy (non-hydrogen) atoms. The van der Waals surface area contributed by atoms with Crippen molar-refractivity contribution in [3.05, 3.63) is 34.9 Å². The van der Waals surface area contributed by atoms with Crippen LogP contribution < -0.4 is 16.0 Å². The number of carbonyl (C=O) groups is 2. The first kappa shape index (κ1) is 16.5. The normalized spacial score (nSPS) is 12.1. The van der Waals surface area contributed by atoms with E-state index in [2.05, 4.69) is 10.6 Å². The van der Waals surface area contributed by atoms with Crippen molar-refractivity contribution in [2.75, 3.05) is 6.54 Å². The lowest BCUT2D eigenvalue weighted by molar-refractivity contribution is -0.682. The molecule has 6 heteroatoms. The van der Waals surface area contributed by atoms with E-state index in [4.69, 9.17) is 11.6 Å². The van der Waals surface area contributed by atoms with Crippen LogP contribution in [-0.4, -0.2) is 24.5 Å². The van der Waals surface area contributed by atoms with Crippen LogP contribution in [0, 0.1) is 0 Å². The largest absolute Gasteiger partial charge is 0.336 e. The molecule has 0 aliphatic rings. The quantitative estimate of drug-likeness (QED) is 0.764. The summed E-state index contributed by atoms with van der Waals surface area (Å²) < 4.78 is 0. The van der Waals surface area contributed by atoms with E-state index in [1.807, 2.05) is 50.4 Å². The van der Waals surface area contributed by atoms with Crippen molar-refractivity contribution in [3.8, 4) is 0 Å². The van der Waals surface area contributed by atoms with E-state index in [9.17, 15) is 9.59 Å². The zero-order valence-corrected chi connectivity index (χ0v) is 12.7. The summed E-state index contributed by atoms with van der Waals surface area (Å²) in [5.41, 5.74) is 0.966. The molecule has 110 valence electrons. The van der Waals surface area contributed by atoms with Crippen molar-refractivity contribution >= 4 is 23.5 Å². The van der Waals surface area contributed by atoms with Gasteiger partial charge in [-0.3, -0.25) is 10.1 Å². The Labute approximate surface area is 124 Å². The standard InChI is InChI=1S/C14H20ClN3O2/c1-9(2)17-14(20)18-13(19)8-16-10(3)11-6-4-5-7-12(11)15/h4-7,9-10,16H,8H2,1-3H3,(H2,17,18,19,20)/p+1/t10-/m0/s1. The highest BCUT2D eigenvalue weighted by atomic mass is 35.5. The Morgan fingerprint density at radius 3 is 2.50 bits per heavy atom. The second kappa shape index (κ2) is 7.87. The number of quaternary nitrogens is 1. The Morgan fingerprint density at radius 1 is 1.25 bits per heavy atom. The third-order valence-electron chi connectivity index (χ3n) is 2.73. The Kier molecular flexibility index (Phi) is 6.48. The molecule has 4 N–H and O–H groups in total. The molecule has 0 spiro atoms. The maximum Gasteiger partial charge on any atom is 0.321 e. The van der Waals surface area contributed by atoms with Crippen LogP contribution in [0.25, 0.3) is 0 Å². The van der Waals surface area contributed by atoms with Crippen molar-refractivity contribution in [1.29, 1.82) is 0 Å². The van der Waals surface area contributed by atoms with Crippen LogP contribution in [-0.2, 0) is 4.79 Å². The molecule has 0 saturated carbocycles. The number of urea groups is 1. The summed E-state index contributed by atoms with van der Waals surface area (Å²) in [6.45, 7) is 5.78. The average Bonchev–Trinajstić information content (AvgIpc) is 2.35. The predicted octanol–water partition coefficient (Wildman–Crippen LogP) is 1.20. The summed E-state index contributed by atoms with van der Waals surface area (Å²) in [5, 5.41) is 7.38. The highest BCUT2D eigenvalue weighted by Gasteiger charge is 2.15. The van der Waals surface area contributed by atoms with Crippen LogP contribution in [0.1, 0.15) is 32.4 Å². The maximum atomic E-state index is 11.6. The van der Waals surface area contributed by atoms with Crippen LogP contribution in [0.4, 0.5) is 4.79 Å². The van der Waals surface area contributed by atoms with Crippen LogP contribution in [0.3, 0.4) is 0 Å². The fraction of sp³-hybridized carbons (Fsp3) is 0.429. The minimum Gasteiger partial charge on any atom is -0.336 e. The molecule has 0 aromatic heterocycles. The molecule has 0 aliphatic carbocycles. The second-order valence-corrected chi connectivity index (χ2v) is 5.33. The summed E-state index contributed by atoms with van der Waals surface area (Å²) >= 11 is 6.09. The highest BCUT2D eigenvalue weighted by molar-refractivity contribution is 6.31. The number of nitrogens with two attached hydrogens (primary N) is 1. The van der Waals surface area contributed by atoms with Gasteiger partial charge in [-0.15, -0.1) is 0 Å². The number of hydrogen-bond donors (Lipinski definition) is 3. The van der Waals surface area contributed by atoms with Crippen LogP contribution in [0.5, 0.6) is 0 Å². The minimum absolute atomic E-state index is 0.00571. The number of imide groups is 1. The molecule has 1 atom stereocenters. The molecule has 0 saturated heterocycles. The monoisotopic (exact) mass is 298 g/mol. The van der Waals surface area contributed by atoms with E-state index in [0.29, 0.717) is 5.02 Å². The van der Waals surface area contributed by atoms with E-state index in [-0.39, 0.29) is 24.5 Å². The zero-order chi connectivity index (χ0) is 15.1. The van der Waals surface area contributed by atoms with Gasteiger partial charge in [0, 0.05) is 16.6 Å². The molecule has 0 aliphatic heterocycles.